The van der Waals surface area contributed by atoms with Gasteiger partial charge in [-0.05, 0) is 47.9 Å². The predicted molar refractivity (Wildman–Crippen MR) is 126 cm³/mol. The summed E-state index contributed by atoms with van der Waals surface area (Å²) in [6.07, 6.45) is -0.560. The van der Waals surface area contributed by atoms with E-state index in [1.807, 2.05) is 18.2 Å². The number of methoxy groups -OCH3 is 1. The fourth-order valence-electron chi connectivity index (χ4n) is 2.57. The van der Waals surface area contributed by atoms with Crippen molar-refractivity contribution in [2.75, 3.05) is 20.7 Å². The lowest BCUT2D eigenvalue weighted by molar-refractivity contribution is 0.150. The maximum atomic E-state index is 10.9. The minimum atomic E-state index is -1.96. The standard InChI is InChI=1S/C22H43NO3Si2/c1-21(2,3)27(9,10)23(7)16-18(24)17-13-14-19(20(15-17)25-8)26-28(11,12)22(4,5)6/h13-15,18,24H,16H2,1-12H3. The van der Waals surface area contributed by atoms with Crippen LogP contribution in [0.1, 0.15) is 53.2 Å². The molecule has 1 atom stereocenters. The van der Waals surface area contributed by atoms with E-state index in [4.69, 9.17) is 9.16 Å². The second-order valence-electron chi connectivity index (χ2n) is 11.0. The summed E-state index contributed by atoms with van der Waals surface area (Å²) < 4.78 is 14.4. The quantitative estimate of drug-likeness (QED) is 0.540. The number of hydrogen-bond acceptors (Lipinski definition) is 4. The van der Waals surface area contributed by atoms with Gasteiger partial charge in [0.1, 0.15) is 14.0 Å². The molecule has 0 saturated heterocycles. The maximum Gasteiger partial charge on any atom is 0.250 e. The van der Waals surface area contributed by atoms with Crippen LogP contribution >= 0.6 is 0 Å². The number of nitrogens with zero attached hydrogens (tertiary/aromatic N) is 1. The average molecular weight is 426 g/mol. The van der Waals surface area contributed by atoms with Gasteiger partial charge in [0.05, 0.1) is 13.2 Å². The fourth-order valence-corrected chi connectivity index (χ4v) is 5.37. The predicted octanol–water partition coefficient (Wildman–Crippen LogP) is 6.05. The van der Waals surface area contributed by atoms with E-state index in [1.54, 1.807) is 7.11 Å². The largest absolute Gasteiger partial charge is 0.541 e. The topological polar surface area (TPSA) is 41.9 Å². The smallest absolute Gasteiger partial charge is 0.250 e. The molecule has 1 unspecified atom stereocenters. The maximum absolute atomic E-state index is 10.9. The van der Waals surface area contributed by atoms with Crippen molar-refractivity contribution in [3.63, 3.8) is 0 Å². The molecule has 0 aliphatic rings. The van der Waals surface area contributed by atoms with Crippen molar-refractivity contribution in [1.82, 2.24) is 4.57 Å². The number of benzene rings is 1. The summed E-state index contributed by atoms with van der Waals surface area (Å²) in [6.45, 7) is 23.3. The van der Waals surface area contributed by atoms with Crippen molar-refractivity contribution in [3.05, 3.63) is 23.8 Å². The van der Waals surface area contributed by atoms with Gasteiger partial charge in [-0.1, -0.05) is 60.7 Å². The summed E-state index contributed by atoms with van der Waals surface area (Å²) in [5, 5.41) is 11.2. The van der Waals surface area contributed by atoms with Crippen LogP contribution in [-0.2, 0) is 0 Å². The summed E-state index contributed by atoms with van der Waals surface area (Å²) in [5.41, 5.74) is 0.866. The first-order chi connectivity index (χ1) is 12.4. The van der Waals surface area contributed by atoms with E-state index in [1.165, 1.54) is 0 Å². The Morgan fingerprint density at radius 3 is 1.93 bits per heavy atom. The molecule has 0 amide bonds. The van der Waals surface area contributed by atoms with Crippen LogP contribution in [0.5, 0.6) is 11.5 Å². The Morgan fingerprint density at radius 1 is 0.964 bits per heavy atom. The summed E-state index contributed by atoms with van der Waals surface area (Å²) >= 11 is 0. The van der Waals surface area contributed by atoms with Gasteiger partial charge in [-0.25, -0.2) is 0 Å². The third kappa shape index (κ3) is 5.62. The van der Waals surface area contributed by atoms with Crippen molar-refractivity contribution in [1.29, 1.82) is 0 Å². The number of rotatable bonds is 7. The molecule has 0 bridgehead atoms. The molecule has 1 rings (SSSR count). The van der Waals surface area contributed by atoms with E-state index >= 15 is 0 Å². The second kappa shape index (κ2) is 8.50. The zero-order chi connectivity index (χ0) is 22.1. The normalized spacial score (nSPS) is 14.9. The summed E-state index contributed by atoms with van der Waals surface area (Å²) in [6, 6.07) is 5.84. The first kappa shape index (κ1) is 25.2. The van der Waals surface area contributed by atoms with Crippen molar-refractivity contribution >= 4 is 16.6 Å². The number of aliphatic hydroxyl groups excluding tert-OH is 1. The first-order valence-corrected chi connectivity index (χ1v) is 16.1. The minimum Gasteiger partial charge on any atom is -0.541 e. The fraction of sp³-hybridized carbons (Fsp3) is 0.727. The minimum absolute atomic E-state index is 0.113. The molecule has 1 aromatic rings. The van der Waals surface area contributed by atoms with Gasteiger partial charge in [0.15, 0.2) is 5.75 Å². The van der Waals surface area contributed by atoms with Gasteiger partial charge < -0.3 is 18.8 Å². The van der Waals surface area contributed by atoms with Crippen LogP contribution in [0.25, 0.3) is 0 Å². The molecule has 0 aromatic heterocycles. The highest BCUT2D eigenvalue weighted by Crippen LogP contribution is 2.41. The number of likely N-dealkylation sites (N-methyl/N-ethyl adjacent to an activating group) is 1. The van der Waals surface area contributed by atoms with Gasteiger partial charge in [0.25, 0.3) is 8.32 Å². The van der Waals surface area contributed by atoms with Crippen molar-refractivity contribution < 1.29 is 14.3 Å². The molecule has 0 radical (unpaired) electrons. The van der Waals surface area contributed by atoms with Crippen LogP contribution in [0.4, 0.5) is 0 Å². The molecular weight excluding hydrogens is 382 g/mol. The van der Waals surface area contributed by atoms with Crippen molar-refractivity contribution in [2.24, 2.45) is 0 Å². The summed E-state index contributed by atoms with van der Waals surface area (Å²) in [4.78, 5) is 0. The Hall–Kier alpha value is -0.826. The van der Waals surface area contributed by atoms with E-state index in [0.717, 1.165) is 11.3 Å². The highest BCUT2D eigenvalue weighted by atomic mass is 28.4. The Morgan fingerprint density at radius 2 is 1.50 bits per heavy atom. The highest BCUT2D eigenvalue weighted by Gasteiger charge is 2.41. The van der Waals surface area contributed by atoms with Crippen molar-refractivity contribution in [2.45, 2.75) is 83.9 Å². The lowest BCUT2D eigenvalue weighted by Gasteiger charge is -2.44. The molecule has 0 spiro atoms. The third-order valence-electron chi connectivity index (χ3n) is 6.98. The van der Waals surface area contributed by atoms with Crippen LogP contribution in [0.15, 0.2) is 18.2 Å². The average Bonchev–Trinajstić information content (AvgIpc) is 2.52. The Kier molecular flexibility index (Phi) is 7.65. The van der Waals surface area contributed by atoms with E-state index in [-0.39, 0.29) is 10.1 Å². The van der Waals surface area contributed by atoms with E-state index in [9.17, 15) is 5.11 Å². The van der Waals surface area contributed by atoms with Gasteiger partial charge in [-0.15, -0.1) is 0 Å². The molecule has 0 saturated carbocycles. The molecule has 0 aliphatic carbocycles. The molecule has 0 heterocycles. The van der Waals surface area contributed by atoms with Gasteiger partial charge >= 0.3 is 0 Å². The molecule has 4 nitrogen and oxygen atoms in total. The second-order valence-corrected chi connectivity index (χ2v) is 21.1. The molecule has 6 heteroatoms. The molecule has 28 heavy (non-hydrogen) atoms. The molecule has 1 N–H and O–H groups in total. The Labute approximate surface area is 175 Å². The van der Waals surface area contributed by atoms with Gasteiger partial charge in [-0.2, -0.15) is 0 Å². The van der Waals surface area contributed by atoms with E-state index in [0.29, 0.717) is 12.3 Å². The molecular formula is C22H43NO3Si2. The SMILES string of the molecule is COc1cc(C(O)CN(C)[Si](C)(C)C(C)(C)C)ccc1O[Si](C)(C)C(C)(C)C. The third-order valence-corrected chi connectivity index (χ3v) is 17.1. The van der Waals surface area contributed by atoms with Gasteiger partial charge in [-0.3, -0.25) is 0 Å². The zero-order valence-electron chi connectivity index (χ0n) is 20.2. The first-order valence-electron chi connectivity index (χ1n) is 10.2. The number of hydrogen-bond donors (Lipinski definition) is 1. The highest BCUT2D eigenvalue weighted by molar-refractivity contribution is 6.77. The van der Waals surface area contributed by atoms with Crippen LogP contribution in [0.3, 0.4) is 0 Å². The van der Waals surface area contributed by atoms with E-state index < -0.39 is 22.7 Å². The van der Waals surface area contributed by atoms with E-state index in [2.05, 4.69) is 79.3 Å². The molecule has 0 fully saturated rings. The van der Waals surface area contributed by atoms with Crippen molar-refractivity contribution in [3.8, 4) is 11.5 Å². The van der Waals surface area contributed by atoms with Crippen LogP contribution < -0.4 is 9.16 Å². The summed E-state index contributed by atoms with van der Waals surface area (Å²) in [7, 11) is 0.169. The van der Waals surface area contributed by atoms with Crippen LogP contribution in [0, 0.1) is 0 Å². The Balaban J connectivity index is 3.06. The van der Waals surface area contributed by atoms with Crippen LogP contribution in [-0.4, -0.2) is 46.9 Å². The lowest BCUT2D eigenvalue weighted by atomic mass is 10.1. The zero-order valence-corrected chi connectivity index (χ0v) is 22.2. The van der Waals surface area contributed by atoms with Crippen LogP contribution in [0.2, 0.25) is 36.3 Å². The number of aliphatic hydroxyl groups is 1. The van der Waals surface area contributed by atoms with Gasteiger partial charge in [0, 0.05) is 6.54 Å². The molecule has 1 aromatic carbocycles. The van der Waals surface area contributed by atoms with Gasteiger partial charge in [0.2, 0.25) is 0 Å². The number of ether oxygens (including phenoxy) is 1. The molecule has 162 valence electrons. The lowest BCUT2D eigenvalue weighted by Crippen LogP contribution is -2.54. The Bertz CT molecular complexity index is 661. The summed E-state index contributed by atoms with van der Waals surface area (Å²) in [5.74, 6) is 1.46. The monoisotopic (exact) mass is 425 g/mol. The molecule has 0 aliphatic heterocycles.